The smallest absolute Gasteiger partial charge is 0.245 e. The molecule has 0 radical (unpaired) electrons. The quantitative estimate of drug-likeness (QED) is 0.0178. The van der Waals surface area contributed by atoms with E-state index < -0.39 is 23.2 Å². The molecule has 0 spiro atoms. The maximum absolute atomic E-state index is 13.0. The molecule has 402 valence electrons. The van der Waals surface area contributed by atoms with Crippen LogP contribution in [0.1, 0.15) is 133 Å². The molecule has 23 heteroatoms. The molecule has 0 fully saturated rings. The number of rotatable bonds is 38. The summed E-state index contributed by atoms with van der Waals surface area (Å²) in [7, 11) is 0. The predicted molar refractivity (Wildman–Crippen MR) is 269 cm³/mol. The van der Waals surface area contributed by atoms with Gasteiger partial charge in [-0.3, -0.25) is 28.8 Å². The number of oxime groups is 2. The number of hydrogen-bond donors (Lipinski definition) is 12. The van der Waals surface area contributed by atoms with E-state index in [1.807, 2.05) is 34.6 Å². The lowest BCUT2D eigenvalue weighted by atomic mass is 9.98. The first-order valence-electron chi connectivity index (χ1n) is 24.0. The Morgan fingerprint density at radius 2 is 1.03 bits per heavy atom. The van der Waals surface area contributed by atoms with Crippen molar-refractivity contribution in [1.82, 2.24) is 37.2 Å². The molecule has 23 nitrogen and oxygen atoms in total. The fourth-order valence-corrected chi connectivity index (χ4v) is 5.07. The largest absolute Gasteiger partial charge is 0.411 e. The van der Waals surface area contributed by atoms with Crippen LogP contribution in [0.4, 0.5) is 0 Å². The van der Waals surface area contributed by atoms with E-state index in [-0.39, 0.29) is 87.7 Å². The van der Waals surface area contributed by atoms with Crippen LogP contribution in [-0.4, -0.2) is 159 Å². The lowest BCUT2D eigenvalue weighted by Gasteiger charge is -2.32. The van der Waals surface area contributed by atoms with Gasteiger partial charge in [0.15, 0.2) is 0 Å². The van der Waals surface area contributed by atoms with E-state index >= 15 is 0 Å². The van der Waals surface area contributed by atoms with Gasteiger partial charge in [0.05, 0.1) is 55.0 Å². The molecular formula is C46H92N12O11. The molecule has 0 saturated heterocycles. The van der Waals surface area contributed by atoms with Crippen molar-refractivity contribution >= 4 is 46.9 Å². The third-order valence-electron chi connectivity index (χ3n) is 10.3. The Morgan fingerprint density at radius 3 is 1.43 bits per heavy atom. The SMILES string of the molecule is C=C(N)CN.CCC(N)=O.CCCCNC(=O)COCCOCCOCC(=O)NCCCCC(NC(=O)CCCC(=O)NC(CNC(C)(C)/C(C)=N/O)CNC(C)(C)/C(C)=N/O)C(=O)NCCCC. The number of carbonyl (C=O) groups is 6. The zero-order valence-corrected chi connectivity index (χ0v) is 43.3. The van der Waals surface area contributed by atoms with Crippen LogP contribution in [0.15, 0.2) is 22.6 Å². The minimum absolute atomic E-state index is 0.0133. The third kappa shape index (κ3) is 41.7. The number of nitrogens with zero attached hydrogens (tertiary/aromatic N) is 2. The van der Waals surface area contributed by atoms with Crippen molar-refractivity contribution < 1.29 is 53.4 Å². The van der Waals surface area contributed by atoms with Gasteiger partial charge < -0.3 is 79.0 Å². The van der Waals surface area contributed by atoms with Crippen LogP contribution in [0.5, 0.6) is 0 Å². The molecule has 15 N–H and O–H groups in total. The van der Waals surface area contributed by atoms with Gasteiger partial charge in [0, 0.05) is 64.2 Å². The summed E-state index contributed by atoms with van der Waals surface area (Å²) in [5, 5.41) is 46.0. The van der Waals surface area contributed by atoms with Gasteiger partial charge in [-0.05, 0) is 80.1 Å². The summed E-state index contributed by atoms with van der Waals surface area (Å²) in [6, 6.07) is -1.16. The second-order valence-electron chi connectivity index (χ2n) is 17.2. The van der Waals surface area contributed by atoms with E-state index in [2.05, 4.69) is 66.8 Å². The summed E-state index contributed by atoms with van der Waals surface area (Å²) < 4.78 is 16.0. The van der Waals surface area contributed by atoms with E-state index in [1.165, 1.54) is 0 Å². The molecular weight excluding hydrogens is 897 g/mol. The van der Waals surface area contributed by atoms with Gasteiger partial charge in [0.25, 0.3) is 0 Å². The van der Waals surface area contributed by atoms with Crippen LogP contribution in [-0.2, 0) is 43.0 Å². The number of ether oxygens (including phenoxy) is 3. The number of hydrogen-bond acceptors (Lipinski definition) is 17. The number of amides is 6. The monoisotopic (exact) mass is 989 g/mol. The van der Waals surface area contributed by atoms with Crippen LogP contribution in [0.3, 0.4) is 0 Å². The summed E-state index contributed by atoms with van der Waals surface area (Å²) in [6.07, 6.45) is 5.98. The molecule has 0 rings (SSSR count). The lowest BCUT2D eigenvalue weighted by Crippen LogP contribution is -2.57. The second-order valence-corrected chi connectivity index (χ2v) is 17.2. The number of nitrogens with two attached hydrogens (primary N) is 3. The van der Waals surface area contributed by atoms with Crippen molar-refractivity contribution in [1.29, 1.82) is 0 Å². The predicted octanol–water partition coefficient (Wildman–Crippen LogP) is 1.03. The summed E-state index contributed by atoms with van der Waals surface area (Å²) >= 11 is 0. The van der Waals surface area contributed by atoms with Crippen molar-refractivity contribution in [3.63, 3.8) is 0 Å². The van der Waals surface area contributed by atoms with Crippen molar-refractivity contribution in [3.05, 3.63) is 12.3 Å². The first kappa shape index (κ1) is 68.3. The number of nitrogens with one attached hydrogen (secondary N) is 7. The number of carbonyl (C=O) groups excluding carboxylic acids is 6. The Labute approximate surface area is 411 Å². The highest BCUT2D eigenvalue weighted by Gasteiger charge is 2.27. The minimum Gasteiger partial charge on any atom is -0.411 e. The maximum atomic E-state index is 13.0. The van der Waals surface area contributed by atoms with E-state index in [0.29, 0.717) is 88.7 Å². The first-order valence-corrected chi connectivity index (χ1v) is 24.0. The molecule has 0 aromatic rings. The molecule has 0 aliphatic rings. The van der Waals surface area contributed by atoms with Crippen molar-refractivity contribution in [3.8, 4) is 0 Å². The fraction of sp³-hybridized carbons (Fsp3) is 0.783. The van der Waals surface area contributed by atoms with Crippen molar-refractivity contribution in [2.45, 2.75) is 156 Å². The highest BCUT2D eigenvalue weighted by molar-refractivity contribution is 5.91. The zero-order chi connectivity index (χ0) is 53.1. The summed E-state index contributed by atoms with van der Waals surface area (Å²) in [6.45, 7) is 23.4. The molecule has 0 aromatic carbocycles. The summed E-state index contributed by atoms with van der Waals surface area (Å²) in [5.41, 5.74) is 14.7. The Morgan fingerprint density at radius 1 is 0.623 bits per heavy atom. The van der Waals surface area contributed by atoms with Crippen LogP contribution in [0, 0.1) is 0 Å². The normalized spacial score (nSPS) is 12.1. The molecule has 0 heterocycles. The maximum Gasteiger partial charge on any atom is 0.245 e. The first-order chi connectivity index (χ1) is 32.6. The van der Waals surface area contributed by atoms with Crippen LogP contribution >= 0.6 is 0 Å². The van der Waals surface area contributed by atoms with Gasteiger partial charge in [-0.2, -0.15) is 0 Å². The van der Waals surface area contributed by atoms with Crippen molar-refractivity contribution in [2.24, 2.45) is 27.5 Å². The molecule has 0 saturated carbocycles. The number of primary amides is 1. The fourth-order valence-electron chi connectivity index (χ4n) is 5.07. The Kier molecular flexibility index (Phi) is 42.7. The van der Waals surface area contributed by atoms with Crippen LogP contribution < -0.4 is 54.4 Å². The van der Waals surface area contributed by atoms with Gasteiger partial charge in [0.1, 0.15) is 19.3 Å². The Balaban J connectivity index is -0.00000391. The van der Waals surface area contributed by atoms with Crippen LogP contribution in [0.2, 0.25) is 0 Å². The molecule has 6 amide bonds. The van der Waals surface area contributed by atoms with E-state index in [9.17, 15) is 39.2 Å². The number of unbranched alkanes of at least 4 members (excludes halogenated alkanes) is 3. The Bertz CT molecular complexity index is 1470. The molecule has 0 aromatic heterocycles. The third-order valence-corrected chi connectivity index (χ3v) is 10.3. The highest BCUT2D eigenvalue weighted by atomic mass is 16.5. The summed E-state index contributed by atoms with van der Waals surface area (Å²) in [5.74, 6) is -1.57. The Hall–Kier alpha value is -4.94. The second kappa shape index (κ2) is 43.1. The molecule has 69 heavy (non-hydrogen) atoms. The zero-order valence-electron chi connectivity index (χ0n) is 43.3. The standard InChI is InChI=1S/C40H77N9O10.C3H8N2.C3H7NO/c1-9-11-19-41-36(52)28-58-24-22-57-23-25-59-29-37(53)42-21-14-13-16-33(38(54)43-20-12-10-2)47-35(51)18-15-17-34(50)46-32(26-44-39(5,6)30(3)48-55)27-45-40(7,8)31(4)49-56;1-3(5)2-4;1-2-3(4)5/h32-33,44-45,55-56H,9-29H2,1-8H3,(H,41,52)(H,42,53)(H,43,54)(H,46,50)(H,47,51);1-2,4-5H2;2H2,1H3,(H2,4,5)/b48-30+,49-31+;;. The molecule has 1 unspecified atom stereocenters. The topological polar surface area (TPSA) is 358 Å². The van der Waals surface area contributed by atoms with E-state index in [1.54, 1.807) is 20.8 Å². The lowest BCUT2D eigenvalue weighted by molar-refractivity contribution is -0.129. The van der Waals surface area contributed by atoms with Crippen molar-refractivity contribution in [2.75, 3.05) is 78.9 Å². The van der Waals surface area contributed by atoms with Gasteiger partial charge in [-0.15, -0.1) is 0 Å². The average Bonchev–Trinajstić information content (AvgIpc) is 3.31. The van der Waals surface area contributed by atoms with Gasteiger partial charge >= 0.3 is 0 Å². The van der Waals surface area contributed by atoms with E-state index in [4.69, 9.17) is 25.7 Å². The molecule has 0 aliphatic heterocycles. The van der Waals surface area contributed by atoms with Gasteiger partial charge in [-0.1, -0.05) is 50.5 Å². The average molecular weight is 989 g/mol. The van der Waals surface area contributed by atoms with Gasteiger partial charge in [-0.25, -0.2) is 0 Å². The minimum atomic E-state index is -0.759. The van der Waals surface area contributed by atoms with Gasteiger partial charge in [0.2, 0.25) is 35.4 Å². The molecule has 0 aliphatic carbocycles. The molecule has 1 atom stereocenters. The van der Waals surface area contributed by atoms with Crippen LogP contribution in [0.25, 0.3) is 0 Å². The van der Waals surface area contributed by atoms with E-state index in [0.717, 1.165) is 25.7 Å². The highest BCUT2D eigenvalue weighted by Crippen LogP contribution is 2.09. The molecule has 0 bridgehead atoms. The summed E-state index contributed by atoms with van der Waals surface area (Å²) in [4.78, 5) is 72.3.